The van der Waals surface area contributed by atoms with Crippen LogP contribution >= 0.6 is 0 Å². The molecule has 2 aliphatic carbocycles. The highest BCUT2D eigenvalue weighted by molar-refractivity contribution is 5.41. The first-order valence-electron chi connectivity index (χ1n) is 5.38. The average Bonchev–Trinajstić information content (AvgIpc) is 2.78. The molecular formula is C14H15. The first-order valence-corrected chi connectivity index (χ1v) is 5.38. The standard InChI is InChI=1S/C14H15/c1-11-3-2-4-13(9-11)14-7-5-12(10-14)6-8-14/h2-7,9,12H,8,10H2,1H3. The molecule has 0 amide bonds. The van der Waals surface area contributed by atoms with Crippen LogP contribution in [0.2, 0.25) is 0 Å². The lowest BCUT2D eigenvalue weighted by Crippen LogP contribution is -2.17. The van der Waals surface area contributed by atoms with Crippen LogP contribution in [0.5, 0.6) is 0 Å². The summed E-state index contributed by atoms with van der Waals surface area (Å²) in [5, 5.41) is 0. The molecule has 1 fully saturated rings. The third-order valence-corrected chi connectivity index (χ3v) is 3.64. The van der Waals surface area contributed by atoms with Crippen LogP contribution in [0.1, 0.15) is 24.0 Å². The van der Waals surface area contributed by atoms with Gasteiger partial charge in [-0.1, -0.05) is 42.0 Å². The molecule has 0 heteroatoms. The SMILES string of the molecule is Cc1cccc(C23C=CC([CH]C2)C3)c1. The first-order chi connectivity index (χ1) is 6.78. The smallest absolute Gasteiger partial charge is 0.0141 e. The maximum Gasteiger partial charge on any atom is 0.0141 e. The van der Waals surface area contributed by atoms with Crippen molar-refractivity contribution in [2.45, 2.75) is 25.2 Å². The lowest BCUT2D eigenvalue weighted by atomic mass is 9.80. The highest BCUT2D eigenvalue weighted by atomic mass is 14.4. The Morgan fingerprint density at radius 2 is 2.29 bits per heavy atom. The molecule has 1 radical (unpaired) electrons. The number of benzene rings is 1. The number of rotatable bonds is 1. The maximum atomic E-state index is 2.46. The minimum atomic E-state index is 0.358. The Morgan fingerprint density at radius 1 is 1.36 bits per heavy atom. The lowest BCUT2D eigenvalue weighted by molar-refractivity contribution is 0.571. The van der Waals surface area contributed by atoms with E-state index in [9.17, 15) is 0 Å². The van der Waals surface area contributed by atoms with Crippen LogP contribution in [-0.2, 0) is 5.41 Å². The van der Waals surface area contributed by atoms with Gasteiger partial charge < -0.3 is 0 Å². The molecule has 1 aromatic carbocycles. The van der Waals surface area contributed by atoms with Gasteiger partial charge in [-0.15, -0.1) is 0 Å². The van der Waals surface area contributed by atoms with Gasteiger partial charge in [0.25, 0.3) is 0 Å². The van der Waals surface area contributed by atoms with Gasteiger partial charge >= 0.3 is 0 Å². The van der Waals surface area contributed by atoms with Gasteiger partial charge in [0.05, 0.1) is 0 Å². The van der Waals surface area contributed by atoms with Gasteiger partial charge in [-0.05, 0) is 37.7 Å². The van der Waals surface area contributed by atoms with E-state index >= 15 is 0 Å². The first kappa shape index (κ1) is 8.28. The molecule has 2 atom stereocenters. The summed E-state index contributed by atoms with van der Waals surface area (Å²) in [4.78, 5) is 0. The fourth-order valence-corrected chi connectivity index (χ4v) is 2.83. The van der Waals surface area contributed by atoms with E-state index < -0.39 is 0 Å². The summed E-state index contributed by atoms with van der Waals surface area (Å²) in [6.45, 7) is 2.18. The van der Waals surface area contributed by atoms with E-state index in [2.05, 4.69) is 49.8 Å². The summed E-state index contributed by atoms with van der Waals surface area (Å²) in [6.07, 6.45) is 9.79. The van der Waals surface area contributed by atoms with Crippen LogP contribution < -0.4 is 0 Å². The van der Waals surface area contributed by atoms with Crippen molar-refractivity contribution in [1.82, 2.24) is 0 Å². The van der Waals surface area contributed by atoms with E-state index in [-0.39, 0.29) is 0 Å². The predicted octanol–water partition coefficient (Wildman–Crippen LogP) is 3.42. The molecule has 0 heterocycles. The van der Waals surface area contributed by atoms with Crippen LogP contribution in [-0.4, -0.2) is 0 Å². The molecule has 1 saturated carbocycles. The second-order valence-electron chi connectivity index (χ2n) is 4.69. The van der Waals surface area contributed by atoms with Crippen molar-refractivity contribution in [1.29, 1.82) is 0 Å². The monoisotopic (exact) mass is 183 g/mol. The van der Waals surface area contributed by atoms with Gasteiger partial charge in [-0.2, -0.15) is 0 Å². The van der Waals surface area contributed by atoms with Crippen molar-refractivity contribution >= 4 is 0 Å². The average molecular weight is 183 g/mol. The molecule has 3 rings (SSSR count). The van der Waals surface area contributed by atoms with Gasteiger partial charge in [0.15, 0.2) is 0 Å². The highest BCUT2D eigenvalue weighted by Gasteiger charge is 2.41. The number of allylic oxidation sites excluding steroid dienone is 2. The van der Waals surface area contributed by atoms with Crippen LogP contribution in [0.3, 0.4) is 0 Å². The maximum absolute atomic E-state index is 2.46. The Labute approximate surface area is 85.6 Å². The zero-order valence-corrected chi connectivity index (χ0v) is 8.53. The van der Waals surface area contributed by atoms with Crippen molar-refractivity contribution in [3.8, 4) is 0 Å². The van der Waals surface area contributed by atoms with Crippen molar-refractivity contribution in [3.63, 3.8) is 0 Å². The van der Waals surface area contributed by atoms with E-state index in [1.54, 1.807) is 0 Å². The lowest BCUT2D eigenvalue weighted by Gasteiger charge is -2.24. The molecule has 0 aromatic heterocycles. The molecule has 2 aliphatic rings. The van der Waals surface area contributed by atoms with Gasteiger partial charge in [0.2, 0.25) is 0 Å². The molecule has 14 heavy (non-hydrogen) atoms. The topological polar surface area (TPSA) is 0 Å². The third-order valence-electron chi connectivity index (χ3n) is 3.64. The van der Waals surface area contributed by atoms with Gasteiger partial charge in [0.1, 0.15) is 0 Å². The Hall–Kier alpha value is -1.04. The highest BCUT2D eigenvalue weighted by Crippen LogP contribution is 2.50. The van der Waals surface area contributed by atoms with Crippen molar-refractivity contribution in [2.75, 3.05) is 0 Å². The summed E-state index contributed by atoms with van der Waals surface area (Å²) in [7, 11) is 0. The molecule has 2 unspecified atom stereocenters. The largest absolute Gasteiger partial charge is 0.0842 e. The Bertz CT molecular complexity index is 389. The number of aryl methyl sites for hydroxylation is 1. The summed E-state index contributed by atoms with van der Waals surface area (Å²) >= 11 is 0. The van der Waals surface area contributed by atoms with Gasteiger partial charge in [0, 0.05) is 5.41 Å². The fourth-order valence-electron chi connectivity index (χ4n) is 2.83. The van der Waals surface area contributed by atoms with Crippen molar-refractivity contribution in [2.24, 2.45) is 5.92 Å². The number of hydrogen-bond donors (Lipinski definition) is 0. The summed E-state index contributed by atoms with van der Waals surface area (Å²) in [5.41, 5.74) is 3.24. The number of hydrogen-bond acceptors (Lipinski definition) is 0. The van der Waals surface area contributed by atoms with E-state index in [1.807, 2.05) is 0 Å². The Morgan fingerprint density at radius 3 is 2.86 bits per heavy atom. The van der Waals surface area contributed by atoms with Crippen LogP contribution in [0.4, 0.5) is 0 Å². The zero-order valence-electron chi connectivity index (χ0n) is 8.53. The van der Waals surface area contributed by atoms with Crippen LogP contribution in [0, 0.1) is 19.3 Å². The molecule has 1 aromatic rings. The predicted molar refractivity (Wildman–Crippen MR) is 59.0 cm³/mol. The molecule has 0 spiro atoms. The summed E-state index contributed by atoms with van der Waals surface area (Å²) in [5.74, 6) is 0.746. The summed E-state index contributed by atoms with van der Waals surface area (Å²) in [6, 6.07) is 8.97. The van der Waals surface area contributed by atoms with Crippen molar-refractivity contribution < 1.29 is 0 Å². The second-order valence-corrected chi connectivity index (χ2v) is 4.69. The van der Waals surface area contributed by atoms with Crippen LogP contribution in [0.25, 0.3) is 0 Å². The van der Waals surface area contributed by atoms with E-state index in [0.29, 0.717) is 5.41 Å². The van der Waals surface area contributed by atoms with E-state index in [1.165, 1.54) is 24.0 Å². The van der Waals surface area contributed by atoms with Gasteiger partial charge in [-0.3, -0.25) is 0 Å². The number of fused-ring (bicyclic) bond motifs is 2. The third kappa shape index (κ3) is 1.06. The molecule has 71 valence electrons. The minimum Gasteiger partial charge on any atom is -0.0842 e. The van der Waals surface area contributed by atoms with Gasteiger partial charge in [-0.25, -0.2) is 0 Å². The Balaban J connectivity index is 2.06. The quantitative estimate of drug-likeness (QED) is 0.585. The zero-order chi connectivity index (χ0) is 9.60. The summed E-state index contributed by atoms with van der Waals surface area (Å²) < 4.78 is 0. The normalized spacial score (nSPS) is 33.9. The molecule has 2 bridgehead atoms. The molecule has 0 N–H and O–H groups in total. The van der Waals surface area contributed by atoms with E-state index in [0.717, 1.165) is 5.92 Å². The molecular weight excluding hydrogens is 168 g/mol. The molecule has 0 nitrogen and oxygen atoms in total. The van der Waals surface area contributed by atoms with Crippen molar-refractivity contribution in [3.05, 3.63) is 54.0 Å². The minimum absolute atomic E-state index is 0.358. The Kier molecular flexibility index (Phi) is 1.61. The molecule has 0 saturated heterocycles. The van der Waals surface area contributed by atoms with Crippen LogP contribution in [0.15, 0.2) is 36.4 Å². The second kappa shape index (κ2) is 2.73. The fraction of sp³-hybridized carbons (Fsp3) is 0.357. The molecule has 0 aliphatic heterocycles. The van der Waals surface area contributed by atoms with E-state index in [4.69, 9.17) is 0 Å².